The van der Waals surface area contributed by atoms with E-state index in [0.29, 0.717) is 0 Å². The zero-order chi connectivity index (χ0) is 12.1. The van der Waals surface area contributed by atoms with E-state index in [9.17, 15) is 4.79 Å². The van der Waals surface area contributed by atoms with Crippen molar-refractivity contribution in [2.75, 3.05) is 0 Å². The fourth-order valence-corrected chi connectivity index (χ4v) is 1.36. The molecule has 0 saturated carbocycles. The highest BCUT2D eigenvalue weighted by Gasteiger charge is 1.87. The summed E-state index contributed by atoms with van der Waals surface area (Å²) < 4.78 is 0. The van der Waals surface area contributed by atoms with Gasteiger partial charge in [0.2, 0.25) is 0 Å². The van der Waals surface area contributed by atoms with Gasteiger partial charge in [0.05, 0.1) is 0 Å². The van der Waals surface area contributed by atoms with E-state index in [4.69, 9.17) is 5.11 Å². The predicted molar refractivity (Wildman–Crippen MR) is 67.4 cm³/mol. The summed E-state index contributed by atoms with van der Waals surface area (Å²) >= 11 is 0. The van der Waals surface area contributed by atoms with E-state index in [1.54, 1.807) is 6.08 Å². The Hall–Kier alpha value is -1.27. The maximum Gasteiger partial charge on any atom is 0.328 e. The maximum absolute atomic E-state index is 10.1. The van der Waals surface area contributed by atoms with E-state index in [-0.39, 0.29) is 0 Å². The molecule has 2 nitrogen and oxygen atoms in total. The number of unbranched alkanes of at least 4 members (excludes halogenated alkanes) is 6. The van der Waals surface area contributed by atoms with Crippen LogP contribution in [0.3, 0.4) is 0 Å². The fourth-order valence-electron chi connectivity index (χ4n) is 1.36. The summed E-state index contributed by atoms with van der Waals surface area (Å²) in [5, 5.41) is 8.31. The van der Waals surface area contributed by atoms with Crippen LogP contribution in [0.25, 0.3) is 0 Å². The number of rotatable bonds is 9. The average Bonchev–Trinajstić information content (AvgIpc) is 2.25. The highest BCUT2D eigenvalue weighted by atomic mass is 16.4. The van der Waals surface area contributed by atoms with Crippen LogP contribution in [0.15, 0.2) is 30.0 Å². The second-order valence-electron chi connectivity index (χ2n) is 3.79. The molecule has 0 saturated heterocycles. The minimum atomic E-state index is -0.922. The van der Waals surface area contributed by atoms with Gasteiger partial charge in [-0.1, -0.05) is 39.0 Å². The lowest BCUT2D eigenvalue weighted by molar-refractivity contribution is -0.131. The molecule has 90 valence electrons. The standard InChI is InChI=1S/C14H22O2/c1-2-3-4-5-6-7-8-9-10-11-12-13-14(15)16/h9,11-13H,2-8H2,1H3,(H,15,16). The Morgan fingerprint density at radius 2 is 1.88 bits per heavy atom. The van der Waals surface area contributed by atoms with Gasteiger partial charge in [-0.3, -0.25) is 0 Å². The molecular weight excluding hydrogens is 200 g/mol. The molecule has 0 heterocycles. The Bertz CT molecular complexity index is 258. The fraction of sp³-hybridized carbons (Fsp3) is 0.571. The van der Waals surface area contributed by atoms with Crippen molar-refractivity contribution >= 4 is 5.97 Å². The second-order valence-corrected chi connectivity index (χ2v) is 3.79. The average molecular weight is 222 g/mol. The Labute approximate surface area is 98.4 Å². The number of hydrogen-bond acceptors (Lipinski definition) is 1. The van der Waals surface area contributed by atoms with Crippen LogP contribution in [0, 0.1) is 0 Å². The van der Waals surface area contributed by atoms with Gasteiger partial charge in [-0.15, -0.1) is 5.73 Å². The zero-order valence-electron chi connectivity index (χ0n) is 10.1. The number of hydrogen-bond donors (Lipinski definition) is 1. The molecular formula is C14H22O2. The number of carboxylic acids is 1. The zero-order valence-corrected chi connectivity index (χ0v) is 10.1. The largest absolute Gasteiger partial charge is 0.478 e. The molecule has 0 fully saturated rings. The molecule has 0 aliphatic carbocycles. The molecule has 1 N–H and O–H groups in total. The SMILES string of the molecule is CCCCCCCCC=C=CC=CC(=O)O. The Balaban J connectivity index is 3.36. The lowest BCUT2D eigenvalue weighted by Gasteiger charge is -1.96. The summed E-state index contributed by atoms with van der Waals surface area (Å²) in [7, 11) is 0. The van der Waals surface area contributed by atoms with Crippen molar-refractivity contribution in [2.45, 2.75) is 51.9 Å². The summed E-state index contributed by atoms with van der Waals surface area (Å²) in [4.78, 5) is 10.1. The van der Waals surface area contributed by atoms with Gasteiger partial charge >= 0.3 is 5.97 Å². The summed E-state index contributed by atoms with van der Waals surface area (Å²) in [5.74, 6) is -0.922. The van der Waals surface area contributed by atoms with E-state index in [0.717, 1.165) is 12.5 Å². The van der Waals surface area contributed by atoms with Crippen LogP contribution in [0.4, 0.5) is 0 Å². The second kappa shape index (κ2) is 11.8. The van der Waals surface area contributed by atoms with Crippen molar-refractivity contribution in [1.82, 2.24) is 0 Å². The van der Waals surface area contributed by atoms with Crippen LogP contribution in [0.1, 0.15) is 51.9 Å². The van der Waals surface area contributed by atoms with E-state index >= 15 is 0 Å². The monoisotopic (exact) mass is 222 g/mol. The van der Waals surface area contributed by atoms with Crippen LogP contribution in [-0.4, -0.2) is 11.1 Å². The number of allylic oxidation sites excluding steroid dienone is 2. The van der Waals surface area contributed by atoms with Gasteiger partial charge in [0.25, 0.3) is 0 Å². The summed E-state index contributed by atoms with van der Waals surface area (Å²) in [6, 6.07) is 0. The van der Waals surface area contributed by atoms with Gasteiger partial charge in [0.15, 0.2) is 0 Å². The Morgan fingerprint density at radius 3 is 2.56 bits per heavy atom. The Morgan fingerprint density at radius 1 is 1.19 bits per heavy atom. The third-order valence-electron chi connectivity index (χ3n) is 2.25. The highest BCUT2D eigenvalue weighted by Crippen LogP contribution is 2.06. The van der Waals surface area contributed by atoms with Gasteiger partial charge in [-0.05, 0) is 31.1 Å². The molecule has 0 aliphatic rings. The summed E-state index contributed by atoms with van der Waals surface area (Å²) in [6.07, 6.45) is 15.0. The first kappa shape index (κ1) is 14.7. The third kappa shape index (κ3) is 12.7. The maximum atomic E-state index is 10.1. The molecule has 0 bridgehead atoms. The molecule has 16 heavy (non-hydrogen) atoms. The van der Waals surface area contributed by atoms with E-state index in [1.807, 2.05) is 6.08 Å². The minimum absolute atomic E-state index is 0.922. The summed E-state index contributed by atoms with van der Waals surface area (Å²) in [5.41, 5.74) is 2.94. The molecule has 0 radical (unpaired) electrons. The van der Waals surface area contributed by atoms with E-state index in [2.05, 4.69) is 12.7 Å². The van der Waals surface area contributed by atoms with Gasteiger partial charge < -0.3 is 5.11 Å². The molecule has 0 amide bonds. The molecule has 0 aromatic carbocycles. The first-order valence-electron chi connectivity index (χ1n) is 6.08. The van der Waals surface area contributed by atoms with Crippen LogP contribution in [0.5, 0.6) is 0 Å². The van der Waals surface area contributed by atoms with Crippen molar-refractivity contribution in [1.29, 1.82) is 0 Å². The molecule has 0 spiro atoms. The van der Waals surface area contributed by atoms with Crippen molar-refractivity contribution in [2.24, 2.45) is 0 Å². The third-order valence-corrected chi connectivity index (χ3v) is 2.25. The lowest BCUT2D eigenvalue weighted by atomic mass is 10.1. The van der Waals surface area contributed by atoms with Crippen molar-refractivity contribution in [3.8, 4) is 0 Å². The van der Waals surface area contributed by atoms with Crippen LogP contribution >= 0.6 is 0 Å². The van der Waals surface area contributed by atoms with Gasteiger partial charge in [0.1, 0.15) is 0 Å². The number of carbonyl (C=O) groups is 1. The topological polar surface area (TPSA) is 37.3 Å². The summed E-state index contributed by atoms with van der Waals surface area (Å²) in [6.45, 7) is 2.22. The predicted octanol–water partition coefficient (Wildman–Crippen LogP) is 4.09. The molecule has 0 rings (SSSR count). The molecule has 0 aromatic heterocycles. The molecule has 2 heteroatoms. The van der Waals surface area contributed by atoms with E-state index < -0.39 is 5.97 Å². The van der Waals surface area contributed by atoms with Crippen LogP contribution in [-0.2, 0) is 4.79 Å². The molecule has 0 atom stereocenters. The molecule has 0 aromatic rings. The molecule has 0 aliphatic heterocycles. The van der Waals surface area contributed by atoms with Gasteiger partial charge in [0, 0.05) is 6.08 Å². The number of carboxylic acid groups (broad SMARTS) is 1. The highest BCUT2D eigenvalue weighted by molar-refractivity contribution is 5.80. The van der Waals surface area contributed by atoms with Crippen LogP contribution in [0.2, 0.25) is 0 Å². The van der Waals surface area contributed by atoms with Crippen LogP contribution < -0.4 is 0 Å². The smallest absolute Gasteiger partial charge is 0.328 e. The quantitative estimate of drug-likeness (QED) is 0.276. The normalized spacial score (nSPS) is 10.1. The Kier molecular flexibility index (Phi) is 10.9. The van der Waals surface area contributed by atoms with E-state index in [1.165, 1.54) is 44.6 Å². The number of aliphatic carboxylic acids is 1. The molecule has 0 unspecified atom stereocenters. The van der Waals surface area contributed by atoms with Crippen molar-refractivity contribution < 1.29 is 9.90 Å². The lowest BCUT2D eigenvalue weighted by Crippen LogP contribution is -1.83. The van der Waals surface area contributed by atoms with Gasteiger partial charge in [-0.25, -0.2) is 4.79 Å². The van der Waals surface area contributed by atoms with Gasteiger partial charge in [-0.2, -0.15) is 0 Å². The first-order valence-corrected chi connectivity index (χ1v) is 6.08. The van der Waals surface area contributed by atoms with Crippen molar-refractivity contribution in [3.63, 3.8) is 0 Å². The first-order chi connectivity index (χ1) is 7.77. The van der Waals surface area contributed by atoms with Crippen molar-refractivity contribution in [3.05, 3.63) is 30.0 Å². The minimum Gasteiger partial charge on any atom is -0.478 e.